The van der Waals surface area contributed by atoms with Crippen LogP contribution in [0.3, 0.4) is 0 Å². The van der Waals surface area contributed by atoms with Crippen LogP contribution in [0.15, 0.2) is 18.3 Å². The molecule has 6 nitrogen and oxygen atoms in total. The molecule has 2 heterocycles. The summed E-state index contributed by atoms with van der Waals surface area (Å²) >= 11 is 0. The number of rotatable bonds is 4. The van der Waals surface area contributed by atoms with Gasteiger partial charge in [-0.2, -0.15) is 0 Å². The summed E-state index contributed by atoms with van der Waals surface area (Å²) < 4.78 is 0. The van der Waals surface area contributed by atoms with E-state index in [1.807, 2.05) is 12.1 Å². The van der Waals surface area contributed by atoms with Crippen molar-refractivity contribution < 1.29 is 14.7 Å². The van der Waals surface area contributed by atoms with Crippen molar-refractivity contribution in [3.8, 4) is 0 Å². The Bertz CT molecular complexity index is 576. The van der Waals surface area contributed by atoms with Crippen LogP contribution >= 0.6 is 0 Å². The lowest BCUT2D eigenvalue weighted by atomic mass is 9.86. The van der Waals surface area contributed by atoms with Gasteiger partial charge in [0.2, 0.25) is 0 Å². The van der Waals surface area contributed by atoms with Crippen LogP contribution in [0.5, 0.6) is 0 Å². The fourth-order valence-corrected chi connectivity index (χ4v) is 3.46. The third-order valence-corrected chi connectivity index (χ3v) is 4.86. The van der Waals surface area contributed by atoms with Gasteiger partial charge < -0.3 is 15.3 Å². The Balaban J connectivity index is 1.58. The van der Waals surface area contributed by atoms with Crippen LogP contribution in [0.4, 0.5) is 5.69 Å². The van der Waals surface area contributed by atoms with E-state index in [0.717, 1.165) is 18.8 Å². The summed E-state index contributed by atoms with van der Waals surface area (Å²) in [5.41, 5.74) is 1.49. The summed E-state index contributed by atoms with van der Waals surface area (Å²) in [7, 11) is 0. The Morgan fingerprint density at radius 3 is 2.52 bits per heavy atom. The molecule has 0 atom stereocenters. The van der Waals surface area contributed by atoms with Crippen LogP contribution in [0.25, 0.3) is 0 Å². The zero-order valence-electron chi connectivity index (χ0n) is 13.2. The highest BCUT2D eigenvalue weighted by atomic mass is 16.4. The monoisotopic (exact) mass is 317 g/mol. The number of nitrogens with zero attached hydrogens (tertiary/aromatic N) is 2. The second-order valence-electron chi connectivity index (χ2n) is 6.45. The number of carbonyl (C=O) groups excluding carboxylic acids is 1. The van der Waals surface area contributed by atoms with Crippen LogP contribution in [-0.2, 0) is 4.79 Å². The first kappa shape index (κ1) is 15.8. The van der Waals surface area contributed by atoms with Gasteiger partial charge in [0.05, 0.1) is 5.92 Å². The summed E-state index contributed by atoms with van der Waals surface area (Å²) in [6, 6.07) is 3.85. The molecule has 1 amide bonds. The van der Waals surface area contributed by atoms with Crippen LogP contribution in [0, 0.1) is 5.92 Å². The quantitative estimate of drug-likeness (QED) is 0.888. The molecule has 23 heavy (non-hydrogen) atoms. The Kier molecular flexibility index (Phi) is 4.79. The lowest BCUT2D eigenvalue weighted by Crippen LogP contribution is -2.39. The van der Waals surface area contributed by atoms with Gasteiger partial charge >= 0.3 is 5.97 Å². The molecule has 0 spiro atoms. The fourth-order valence-electron chi connectivity index (χ4n) is 3.46. The first-order valence-corrected chi connectivity index (χ1v) is 8.38. The van der Waals surface area contributed by atoms with E-state index in [9.17, 15) is 9.59 Å². The number of hydrogen-bond acceptors (Lipinski definition) is 4. The van der Waals surface area contributed by atoms with Crippen molar-refractivity contribution >= 4 is 17.6 Å². The van der Waals surface area contributed by atoms with Gasteiger partial charge in [0.1, 0.15) is 5.69 Å². The van der Waals surface area contributed by atoms with E-state index in [1.54, 1.807) is 6.20 Å². The van der Waals surface area contributed by atoms with Crippen LogP contribution in [-0.4, -0.2) is 41.1 Å². The molecule has 2 aliphatic rings. The molecule has 1 saturated heterocycles. The van der Waals surface area contributed by atoms with Crippen molar-refractivity contribution in [2.45, 2.75) is 44.6 Å². The third-order valence-electron chi connectivity index (χ3n) is 4.86. The zero-order chi connectivity index (χ0) is 16.2. The highest BCUT2D eigenvalue weighted by molar-refractivity contribution is 5.93. The average Bonchev–Trinajstić information content (AvgIpc) is 3.10. The van der Waals surface area contributed by atoms with E-state index >= 15 is 0 Å². The minimum absolute atomic E-state index is 0.0512. The van der Waals surface area contributed by atoms with Crippen molar-refractivity contribution in [1.82, 2.24) is 10.3 Å². The molecule has 0 aromatic carbocycles. The number of carboxylic acids is 1. The maximum atomic E-state index is 12.4. The van der Waals surface area contributed by atoms with Gasteiger partial charge in [-0.3, -0.25) is 14.6 Å². The van der Waals surface area contributed by atoms with Gasteiger partial charge in [-0.25, -0.2) is 0 Å². The summed E-state index contributed by atoms with van der Waals surface area (Å²) in [6.45, 7) is 2.06. The number of hydrogen-bond donors (Lipinski definition) is 2. The molecule has 2 fully saturated rings. The highest BCUT2D eigenvalue weighted by Crippen LogP contribution is 2.25. The van der Waals surface area contributed by atoms with Crippen molar-refractivity contribution in [2.75, 3.05) is 18.0 Å². The molecule has 1 aliphatic heterocycles. The topological polar surface area (TPSA) is 82.5 Å². The average molecular weight is 317 g/mol. The van der Waals surface area contributed by atoms with Gasteiger partial charge in [0.15, 0.2) is 0 Å². The van der Waals surface area contributed by atoms with Crippen LogP contribution < -0.4 is 10.2 Å². The molecule has 1 aromatic rings. The van der Waals surface area contributed by atoms with E-state index < -0.39 is 5.97 Å². The lowest BCUT2D eigenvalue weighted by molar-refractivity contribution is -0.142. The number of carbonyl (C=O) groups is 2. The molecular weight excluding hydrogens is 294 g/mol. The Hall–Kier alpha value is -2.11. The van der Waals surface area contributed by atoms with Gasteiger partial charge in [-0.05, 0) is 50.7 Å². The van der Waals surface area contributed by atoms with Crippen LogP contribution in [0.1, 0.15) is 49.0 Å². The van der Waals surface area contributed by atoms with Crippen molar-refractivity contribution in [1.29, 1.82) is 0 Å². The molecule has 6 heteroatoms. The van der Waals surface area contributed by atoms with E-state index in [4.69, 9.17) is 5.11 Å². The van der Waals surface area contributed by atoms with Gasteiger partial charge in [0.25, 0.3) is 5.91 Å². The molecule has 124 valence electrons. The van der Waals surface area contributed by atoms with Gasteiger partial charge in [0, 0.05) is 31.0 Å². The molecule has 0 unspecified atom stereocenters. The SMILES string of the molecule is O=C(NC1CCC(C(=O)O)CC1)c1cc(N2CCCC2)ccn1. The zero-order valence-corrected chi connectivity index (χ0v) is 13.2. The second-order valence-corrected chi connectivity index (χ2v) is 6.45. The van der Waals surface area contributed by atoms with E-state index in [0.29, 0.717) is 31.4 Å². The van der Waals surface area contributed by atoms with Crippen molar-refractivity contribution in [2.24, 2.45) is 5.92 Å². The van der Waals surface area contributed by atoms with Crippen molar-refractivity contribution in [3.05, 3.63) is 24.0 Å². The molecule has 0 radical (unpaired) electrons. The van der Waals surface area contributed by atoms with E-state index in [-0.39, 0.29) is 17.9 Å². The van der Waals surface area contributed by atoms with Gasteiger partial charge in [-0.1, -0.05) is 0 Å². The predicted octanol–water partition coefficient (Wildman–Crippen LogP) is 2.05. The van der Waals surface area contributed by atoms with E-state index in [1.165, 1.54) is 12.8 Å². The second kappa shape index (κ2) is 6.98. The molecule has 2 N–H and O–H groups in total. The highest BCUT2D eigenvalue weighted by Gasteiger charge is 2.27. The smallest absolute Gasteiger partial charge is 0.306 e. The summed E-state index contributed by atoms with van der Waals surface area (Å²) in [5.74, 6) is -1.15. The van der Waals surface area contributed by atoms with Crippen LogP contribution in [0.2, 0.25) is 0 Å². The number of aliphatic carboxylic acids is 1. The summed E-state index contributed by atoms with van der Waals surface area (Å²) in [4.78, 5) is 29.8. The Morgan fingerprint density at radius 2 is 1.87 bits per heavy atom. The molecule has 0 bridgehead atoms. The maximum absolute atomic E-state index is 12.4. The van der Waals surface area contributed by atoms with E-state index in [2.05, 4.69) is 15.2 Å². The first-order valence-electron chi connectivity index (χ1n) is 8.38. The molecular formula is C17H23N3O3. The predicted molar refractivity (Wildman–Crippen MR) is 86.5 cm³/mol. The summed E-state index contributed by atoms with van der Waals surface area (Å²) in [6.07, 6.45) is 6.75. The first-order chi connectivity index (χ1) is 11.1. The number of carboxylic acid groups (broad SMARTS) is 1. The number of nitrogens with one attached hydrogen (secondary N) is 1. The standard InChI is InChI=1S/C17H23N3O3/c21-16(19-13-5-3-12(4-6-13)17(22)23)15-11-14(7-8-18-15)20-9-1-2-10-20/h7-8,11-13H,1-6,9-10H2,(H,19,21)(H,22,23). The molecule has 1 saturated carbocycles. The fraction of sp³-hybridized carbons (Fsp3) is 0.588. The summed E-state index contributed by atoms with van der Waals surface area (Å²) in [5, 5.41) is 12.0. The molecule has 3 rings (SSSR count). The Labute approximate surface area is 135 Å². The van der Waals surface area contributed by atoms with Gasteiger partial charge in [-0.15, -0.1) is 0 Å². The number of aromatic nitrogens is 1. The normalized spacial score (nSPS) is 24.4. The minimum atomic E-state index is -0.727. The number of pyridine rings is 1. The largest absolute Gasteiger partial charge is 0.481 e. The van der Waals surface area contributed by atoms with Crippen molar-refractivity contribution in [3.63, 3.8) is 0 Å². The molecule has 1 aromatic heterocycles. The maximum Gasteiger partial charge on any atom is 0.306 e. The minimum Gasteiger partial charge on any atom is -0.481 e. The number of anilines is 1. The number of amides is 1. The molecule has 1 aliphatic carbocycles. The Morgan fingerprint density at radius 1 is 1.17 bits per heavy atom. The third kappa shape index (κ3) is 3.81. The lowest BCUT2D eigenvalue weighted by Gasteiger charge is -2.26.